The molecule has 0 saturated carbocycles. The van der Waals surface area contributed by atoms with E-state index < -0.39 is 0 Å². The van der Waals surface area contributed by atoms with E-state index >= 15 is 0 Å². The van der Waals surface area contributed by atoms with Crippen molar-refractivity contribution < 1.29 is 9.18 Å². The Bertz CT molecular complexity index is 914. The summed E-state index contributed by atoms with van der Waals surface area (Å²) in [6.07, 6.45) is 3.35. The van der Waals surface area contributed by atoms with Gasteiger partial charge in [0.1, 0.15) is 5.82 Å². The third kappa shape index (κ3) is 4.34. The van der Waals surface area contributed by atoms with Gasteiger partial charge in [0.05, 0.1) is 13.0 Å². The second-order valence-electron chi connectivity index (χ2n) is 6.76. The molecule has 2 heterocycles. The number of amides is 1. The summed E-state index contributed by atoms with van der Waals surface area (Å²) in [7, 11) is 0. The summed E-state index contributed by atoms with van der Waals surface area (Å²) >= 11 is 0. The number of carbonyl (C=O) groups excluding carboxylic acids is 1. The van der Waals surface area contributed by atoms with Crippen molar-refractivity contribution in [3.8, 4) is 0 Å². The Hall–Kier alpha value is -3.15. The molecule has 138 valence electrons. The van der Waals surface area contributed by atoms with Crippen molar-refractivity contribution in [2.24, 2.45) is 0 Å². The minimum atomic E-state index is -0.259. The fourth-order valence-electron chi connectivity index (χ4n) is 3.06. The van der Waals surface area contributed by atoms with Crippen LogP contribution in [0, 0.1) is 5.82 Å². The molecule has 0 radical (unpaired) electrons. The van der Waals surface area contributed by atoms with Gasteiger partial charge < -0.3 is 10.2 Å². The lowest BCUT2D eigenvalue weighted by Gasteiger charge is -2.33. The van der Waals surface area contributed by atoms with Crippen LogP contribution in [0.5, 0.6) is 0 Å². The van der Waals surface area contributed by atoms with Gasteiger partial charge in [0, 0.05) is 31.0 Å². The quantitative estimate of drug-likeness (QED) is 0.729. The third-order valence-corrected chi connectivity index (χ3v) is 4.69. The highest BCUT2D eigenvalue weighted by atomic mass is 19.1. The van der Waals surface area contributed by atoms with Crippen LogP contribution in [0.15, 0.2) is 60.8 Å². The highest BCUT2D eigenvalue weighted by molar-refractivity contribution is 5.91. The van der Waals surface area contributed by atoms with Crippen molar-refractivity contribution in [1.29, 1.82) is 0 Å². The summed E-state index contributed by atoms with van der Waals surface area (Å²) in [5, 5.41) is 7.17. The van der Waals surface area contributed by atoms with Gasteiger partial charge in [-0.25, -0.2) is 4.39 Å². The summed E-state index contributed by atoms with van der Waals surface area (Å²) in [6, 6.07) is 16.2. The predicted octanol–water partition coefficient (Wildman–Crippen LogP) is 3.46. The molecule has 0 atom stereocenters. The van der Waals surface area contributed by atoms with Gasteiger partial charge in [0.25, 0.3) is 0 Å². The molecule has 4 rings (SSSR count). The zero-order valence-corrected chi connectivity index (χ0v) is 14.9. The number of aromatic nitrogens is 2. The number of carbonyl (C=O) groups is 1. The molecule has 1 fully saturated rings. The van der Waals surface area contributed by atoms with Crippen LogP contribution in [0.3, 0.4) is 0 Å². The minimum absolute atomic E-state index is 0.0984. The number of hydrogen-bond donors (Lipinski definition) is 1. The molecular weight excluding hydrogens is 343 g/mol. The molecule has 27 heavy (non-hydrogen) atoms. The Morgan fingerprint density at radius 1 is 1.00 bits per heavy atom. The molecule has 0 unspecified atom stereocenters. The first-order valence-corrected chi connectivity index (χ1v) is 9.07. The predicted molar refractivity (Wildman–Crippen MR) is 103 cm³/mol. The summed E-state index contributed by atoms with van der Waals surface area (Å²) in [4.78, 5) is 14.6. The van der Waals surface area contributed by atoms with E-state index in [1.54, 1.807) is 29.1 Å². The smallest absolute Gasteiger partial charge is 0.229 e. The molecule has 1 aromatic heterocycles. The van der Waals surface area contributed by atoms with Gasteiger partial charge >= 0.3 is 0 Å². The zero-order chi connectivity index (χ0) is 18.6. The summed E-state index contributed by atoms with van der Waals surface area (Å²) in [6.45, 7) is 2.74. The summed E-state index contributed by atoms with van der Waals surface area (Å²) in [5.41, 5.74) is 3.13. The van der Waals surface area contributed by atoms with E-state index in [4.69, 9.17) is 0 Å². The molecular formula is C21H21FN4O. The van der Waals surface area contributed by atoms with Crippen LogP contribution in [0.1, 0.15) is 17.5 Å². The lowest BCUT2D eigenvalue weighted by Crippen LogP contribution is -2.36. The molecule has 5 nitrogen and oxygen atoms in total. The number of rotatable bonds is 6. The number of halogens is 1. The lowest BCUT2D eigenvalue weighted by molar-refractivity contribution is -0.115. The molecule has 1 N–H and O–H groups in total. The molecule has 6 heteroatoms. The molecule has 3 aromatic rings. The molecule has 1 amide bonds. The number of anilines is 2. The molecule has 1 aliphatic heterocycles. The Labute approximate surface area is 157 Å². The van der Waals surface area contributed by atoms with Crippen molar-refractivity contribution in [1.82, 2.24) is 9.78 Å². The van der Waals surface area contributed by atoms with Gasteiger partial charge in [-0.1, -0.05) is 24.3 Å². The van der Waals surface area contributed by atoms with E-state index in [9.17, 15) is 9.18 Å². The molecule has 1 aliphatic rings. The molecule has 2 aromatic carbocycles. The van der Waals surface area contributed by atoms with Crippen molar-refractivity contribution in [3.05, 3.63) is 77.7 Å². The highest BCUT2D eigenvalue weighted by Crippen LogP contribution is 2.21. The topological polar surface area (TPSA) is 50.2 Å². The zero-order valence-electron chi connectivity index (χ0n) is 14.9. The summed E-state index contributed by atoms with van der Waals surface area (Å²) < 4.78 is 14.7. The minimum Gasteiger partial charge on any atom is -0.371 e. The number of benzene rings is 2. The van der Waals surface area contributed by atoms with E-state index in [0.717, 1.165) is 24.2 Å². The maximum atomic E-state index is 13.0. The largest absolute Gasteiger partial charge is 0.371 e. The second kappa shape index (κ2) is 7.61. The Kier molecular flexibility index (Phi) is 4.87. The standard InChI is InChI=1S/C21H21FN4O/c22-18-6-2-17(3-7-18)15-26-13-10-20(24-26)23-21(27)14-16-4-8-19(9-5-16)25-11-1-12-25/h2-10,13H,1,11-12,14-15H2,(H,23,24,27). The van der Waals surface area contributed by atoms with E-state index in [-0.39, 0.29) is 11.7 Å². The average molecular weight is 364 g/mol. The fourth-order valence-corrected chi connectivity index (χ4v) is 3.06. The SMILES string of the molecule is O=C(Cc1ccc(N2CCC2)cc1)Nc1ccn(Cc2ccc(F)cc2)n1. The molecule has 0 aliphatic carbocycles. The van der Waals surface area contributed by atoms with Gasteiger partial charge in [0.15, 0.2) is 5.82 Å². The van der Waals surface area contributed by atoms with Crippen LogP contribution in [-0.4, -0.2) is 28.8 Å². The van der Waals surface area contributed by atoms with Crippen molar-refractivity contribution in [2.75, 3.05) is 23.3 Å². The number of hydrogen-bond acceptors (Lipinski definition) is 3. The first-order valence-electron chi connectivity index (χ1n) is 9.07. The molecule has 0 bridgehead atoms. The number of nitrogens with one attached hydrogen (secondary N) is 1. The van der Waals surface area contributed by atoms with Gasteiger partial charge in [-0.3, -0.25) is 9.48 Å². The third-order valence-electron chi connectivity index (χ3n) is 4.69. The van der Waals surface area contributed by atoms with Crippen LogP contribution in [0.4, 0.5) is 15.9 Å². The van der Waals surface area contributed by atoms with Crippen LogP contribution in [0.25, 0.3) is 0 Å². The molecule has 0 spiro atoms. The Morgan fingerprint density at radius 2 is 1.70 bits per heavy atom. The van der Waals surface area contributed by atoms with Crippen molar-refractivity contribution >= 4 is 17.4 Å². The fraction of sp³-hybridized carbons (Fsp3) is 0.238. The molecule has 1 saturated heterocycles. The van der Waals surface area contributed by atoms with E-state index in [1.807, 2.05) is 12.1 Å². The summed E-state index contributed by atoms with van der Waals surface area (Å²) in [5.74, 6) is 0.156. The average Bonchev–Trinajstić information content (AvgIpc) is 3.04. The highest BCUT2D eigenvalue weighted by Gasteiger charge is 2.14. The number of nitrogens with zero attached hydrogens (tertiary/aromatic N) is 3. The van der Waals surface area contributed by atoms with Crippen LogP contribution in [0.2, 0.25) is 0 Å². The van der Waals surface area contributed by atoms with Gasteiger partial charge in [-0.05, 0) is 41.8 Å². The first kappa shape index (κ1) is 17.3. The normalized spacial score (nSPS) is 13.3. The first-order chi connectivity index (χ1) is 13.2. The van der Waals surface area contributed by atoms with Crippen molar-refractivity contribution in [2.45, 2.75) is 19.4 Å². The van der Waals surface area contributed by atoms with Gasteiger partial charge in [0.2, 0.25) is 5.91 Å². The maximum Gasteiger partial charge on any atom is 0.229 e. The van der Waals surface area contributed by atoms with Gasteiger partial charge in [-0.2, -0.15) is 5.10 Å². The van der Waals surface area contributed by atoms with Crippen LogP contribution in [-0.2, 0) is 17.8 Å². The lowest BCUT2D eigenvalue weighted by atomic mass is 10.1. The second-order valence-corrected chi connectivity index (χ2v) is 6.76. The maximum absolute atomic E-state index is 13.0. The Balaban J connectivity index is 1.31. The van der Waals surface area contributed by atoms with Crippen LogP contribution >= 0.6 is 0 Å². The van der Waals surface area contributed by atoms with Gasteiger partial charge in [-0.15, -0.1) is 0 Å². The van der Waals surface area contributed by atoms with Crippen LogP contribution < -0.4 is 10.2 Å². The Morgan fingerprint density at radius 3 is 2.37 bits per heavy atom. The van der Waals surface area contributed by atoms with E-state index in [2.05, 4.69) is 27.4 Å². The van der Waals surface area contributed by atoms with E-state index in [0.29, 0.717) is 18.8 Å². The van der Waals surface area contributed by atoms with Crippen molar-refractivity contribution in [3.63, 3.8) is 0 Å². The van der Waals surface area contributed by atoms with E-state index in [1.165, 1.54) is 24.2 Å². The monoisotopic (exact) mass is 364 g/mol.